The van der Waals surface area contributed by atoms with Crippen LogP contribution in [0.5, 0.6) is 5.75 Å². The molecule has 0 radical (unpaired) electrons. The number of aromatic nitrogens is 4. The Kier molecular flexibility index (Phi) is 5.91. The minimum atomic E-state index is 0.434. The van der Waals surface area contributed by atoms with Crippen molar-refractivity contribution in [3.63, 3.8) is 0 Å². The molecule has 0 aliphatic heterocycles. The maximum Gasteiger partial charge on any atom is 0.149 e. The molecule has 6 heteroatoms. The quantitative estimate of drug-likeness (QED) is 0.300. The van der Waals surface area contributed by atoms with Gasteiger partial charge in [0.2, 0.25) is 0 Å². The lowest BCUT2D eigenvalue weighted by Crippen LogP contribution is -1.96. The number of imidazole rings is 1. The zero-order chi connectivity index (χ0) is 23.3. The Balaban J connectivity index is 1.63. The number of allylic oxidation sites excluding steroid dienone is 1. The molecule has 5 aromatic rings. The predicted molar refractivity (Wildman–Crippen MR) is 134 cm³/mol. The van der Waals surface area contributed by atoms with Gasteiger partial charge in [0.05, 0.1) is 28.9 Å². The lowest BCUT2D eigenvalue weighted by Gasteiger charge is -2.06. The minimum Gasteiger partial charge on any atom is -0.494 e. The van der Waals surface area contributed by atoms with Crippen LogP contribution >= 0.6 is 0 Å². The van der Waals surface area contributed by atoms with E-state index in [4.69, 9.17) is 9.84 Å². The zero-order valence-electron chi connectivity index (χ0n) is 18.8. The van der Waals surface area contributed by atoms with Crippen LogP contribution in [0.15, 0.2) is 85.1 Å². The van der Waals surface area contributed by atoms with Crippen molar-refractivity contribution in [3.8, 4) is 28.8 Å². The fraction of sp³-hybridized carbons (Fsp3) is 0.107. The van der Waals surface area contributed by atoms with Crippen LogP contribution in [0.2, 0.25) is 0 Å². The molecule has 1 N–H and O–H groups in total. The first-order valence-electron chi connectivity index (χ1n) is 11.2. The summed E-state index contributed by atoms with van der Waals surface area (Å²) in [5, 5.41) is 14.8. The highest BCUT2D eigenvalue weighted by Gasteiger charge is 2.15. The van der Waals surface area contributed by atoms with Crippen molar-refractivity contribution in [1.82, 2.24) is 19.7 Å². The van der Waals surface area contributed by atoms with Gasteiger partial charge in [-0.2, -0.15) is 10.4 Å². The monoisotopic (exact) mass is 445 g/mol. The van der Waals surface area contributed by atoms with Crippen molar-refractivity contribution in [2.45, 2.75) is 13.3 Å². The van der Waals surface area contributed by atoms with Crippen molar-refractivity contribution >= 4 is 22.7 Å². The molecule has 0 aliphatic carbocycles. The highest BCUT2D eigenvalue weighted by molar-refractivity contribution is 5.92. The maximum atomic E-state index is 9.97. The van der Waals surface area contributed by atoms with Crippen LogP contribution in [0.3, 0.4) is 0 Å². The van der Waals surface area contributed by atoms with E-state index in [1.807, 2.05) is 95.8 Å². The second-order valence-corrected chi connectivity index (χ2v) is 7.86. The first kappa shape index (κ1) is 21.2. The van der Waals surface area contributed by atoms with E-state index in [1.165, 1.54) is 0 Å². The summed E-state index contributed by atoms with van der Waals surface area (Å²) in [6.07, 6.45) is 4.70. The summed E-state index contributed by atoms with van der Waals surface area (Å²) in [4.78, 5) is 7.85. The van der Waals surface area contributed by atoms with Gasteiger partial charge in [-0.05, 0) is 48.9 Å². The first-order chi connectivity index (χ1) is 16.7. The summed E-state index contributed by atoms with van der Waals surface area (Å²) >= 11 is 0. The average Bonchev–Trinajstić information content (AvgIpc) is 3.51. The molecule has 0 saturated heterocycles. The van der Waals surface area contributed by atoms with E-state index in [1.54, 1.807) is 0 Å². The normalized spacial score (nSPS) is 11.5. The number of para-hydroxylation sites is 3. The average molecular weight is 446 g/mol. The Morgan fingerprint density at radius 1 is 1.06 bits per heavy atom. The van der Waals surface area contributed by atoms with E-state index in [0.717, 1.165) is 45.7 Å². The third-order valence-electron chi connectivity index (χ3n) is 5.41. The molecule has 0 unspecified atom stereocenters. The van der Waals surface area contributed by atoms with E-state index in [0.29, 0.717) is 18.0 Å². The van der Waals surface area contributed by atoms with Crippen molar-refractivity contribution < 1.29 is 4.74 Å². The van der Waals surface area contributed by atoms with Crippen LogP contribution in [-0.4, -0.2) is 26.4 Å². The molecule has 5 rings (SSSR count). The van der Waals surface area contributed by atoms with Gasteiger partial charge >= 0.3 is 0 Å². The molecule has 166 valence electrons. The van der Waals surface area contributed by atoms with Crippen molar-refractivity contribution in [2.24, 2.45) is 0 Å². The summed E-state index contributed by atoms with van der Waals surface area (Å²) in [5.41, 5.74) is 5.56. The summed E-state index contributed by atoms with van der Waals surface area (Å²) in [7, 11) is 0. The lowest BCUT2D eigenvalue weighted by atomic mass is 10.1. The number of benzene rings is 3. The second-order valence-electron chi connectivity index (χ2n) is 7.86. The Morgan fingerprint density at radius 2 is 1.88 bits per heavy atom. The number of H-pyrrole nitrogens is 1. The molecule has 0 amide bonds. The Labute approximate surface area is 197 Å². The predicted octanol–water partition coefficient (Wildman–Crippen LogP) is 6.27. The van der Waals surface area contributed by atoms with Gasteiger partial charge in [-0.25, -0.2) is 9.67 Å². The second kappa shape index (κ2) is 9.47. The van der Waals surface area contributed by atoms with E-state index in [9.17, 15) is 5.26 Å². The van der Waals surface area contributed by atoms with Crippen LogP contribution in [0.1, 0.15) is 24.7 Å². The summed E-state index contributed by atoms with van der Waals surface area (Å²) < 4.78 is 7.66. The number of hydrogen-bond acceptors (Lipinski definition) is 4. The third kappa shape index (κ3) is 4.32. The molecule has 0 bridgehead atoms. The topological polar surface area (TPSA) is 79.5 Å². The van der Waals surface area contributed by atoms with Crippen molar-refractivity contribution in [3.05, 3.63) is 96.4 Å². The Hall–Kier alpha value is -4.63. The third-order valence-corrected chi connectivity index (χ3v) is 5.41. The fourth-order valence-electron chi connectivity index (χ4n) is 3.77. The summed E-state index contributed by atoms with van der Waals surface area (Å²) in [6, 6.07) is 27.8. The number of fused-ring (bicyclic) bond motifs is 1. The number of ether oxygens (including phenoxy) is 1. The van der Waals surface area contributed by atoms with Gasteiger partial charge in [-0.1, -0.05) is 49.4 Å². The number of aromatic amines is 1. The van der Waals surface area contributed by atoms with Crippen LogP contribution in [0.25, 0.3) is 39.6 Å². The Morgan fingerprint density at radius 3 is 2.68 bits per heavy atom. The molecule has 0 spiro atoms. The molecule has 2 heterocycles. The smallest absolute Gasteiger partial charge is 0.149 e. The zero-order valence-corrected chi connectivity index (χ0v) is 18.8. The fourth-order valence-corrected chi connectivity index (χ4v) is 3.77. The SMILES string of the molecule is CCCOc1cccc(-c2nn(-c3ccccc3)cc2C=C(C#N)c2nc3ccccc3[nH]2)c1. The van der Waals surface area contributed by atoms with Crippen LogP contribution in [-0.2, 0) is 0 Å². The maximum absolute atomic E-state index is 9.97. The minimum absolute atomic E-state index is 0.434. The molecule has 34 heavy (non-hydrogen) atoms. The number of hydrogen-bond donors (Lipinski definition) is 1. The van der Waals surface area contributed by atoms with E-state index >= 15 is 0 Å². The van der Waals surface area contributed by atoms with Crippen LogP contribution in [0.4, 0.5) is 0 Å². The van der Waals surface area contributed by atoms with E-state index in [2.05, 4.69) is 23.0 Å². The standard InChI is InChI=1S/C28H23N5O/c1-2-15-34-24-12-8-9-20(17-24)27-22(19-33(32-27)23-10-4-3-5-11-23)16-21(18-29)28-30-25-13-6-7-14-26(25)31-28/h3-14,16-17,19H,2,15H2,1H3,(H,30,31). The number of nitrogens with zero attached hydrogens (tertiary/aromatic N) is 4. The van der Waals surface area contributed by atoms with Crippen LogP contribution in [0, 0.1) is 11.3 Å². The van der Waals surface area contributed by atoms with Crippen molar-refractivity contribution in [1.29, 1.82) is 5.26 Å². The molecule has 0 fully saturated rings. The number of nitrogens with one attached hydrogen (secondary N) is 1. The molecular formula is C28H23N5O. The van der Waals surface area contributed by atoms with E-state index < -0.39 is 0 Å². The number of nitriles is 1. The summed E-state index contributed by atoms with van der Waals surface area (Å²) in [6.45, 7) is 2.73. The lowest BCUT2D eigenvalue weighted by molar-refractivity contribution is 0.317. The van der Waals surface area contributed by atoms with Gasteiger partial charge in [-0.3, -0.25) is 0 Å². The van der Waals surface area contributed by atoms with Crippen LogP contribution < -0.4 is 4.74 Å². The highest BCUT2D eigenvalue weighted by atomic mass is 16.5. The molecule has 2 aromatic heterocycles. The van der Waals surface area contributed by atoms with Gasteiger partial charge in [0.1, 0.15) is 23.3 Å². The largest absolute Gasteiger partial charge is 0.494 e. The molecule has 0 atom stereocenters. The summed E-state index contributed by atoms with van der Waals surface area (Å²) in [5.74, 6) is 1.32. The van der Waals surface area contributed by atoms with Crippen molar-refractivity contribution in [2.75, 3.05) is 6.61 Å². The van der Waals surface area contributed by atoms with Gasteiger partial charge in [-0.15, -0.1) is 0 Å². The highest BCUT2D eigenvalue weighted by Crippen LogP contribution is 2.30. The molecule has 0 saturated carbocycles. The Bertz CT molecular complexity index is 1470. The first-order valence-corrected chi connectivity index (χ1v) is 11.2. The van der Waals surface area contributed by atoms with E-state index in [-0.39, 0.29) is 0 Å². The molecule has 3 aromatic carbocycles. The molecular weight excluding hydrogens is 422 g/mol. The van der Waals surface area contributed by atoms with Gasteiger partial charge in [0, 0.05) is 17.3 Å². The molecule has 6 nitrogen and oxygen atoms in total. The van der Waals surface area contributed by atoms with Gasteiger partial charge < -0.3 is 9.72 Å². The molecule has 0 aliphatic rings. The number of rotatable bonds is 7. The van der Waals surface area contributed by atoms with Gasteiger partial charge in [0.25, 0.3) is 0 Å². The van der Waals surface area contributed by atoms with Gasteiger partial charge in [0.15, 0.2) is 0 Å².